The number of hydrogen-bond donors (Lipinski definition) is 0. The molecule has 0 spiro atoms. The summed E-state index contributed by atoms with van der Waals surface area (Å²) in [5.74, 6) is 0.571. The molecule has 3 atom stereocenters. The van der Waals surface area contributed by atoms with Gasteiger partial charge in [-0.3, -0.25) is 10.1 Å². The number of nitro groups is 1. The molecule has 0 aliphatic heterocycles. The second-order valence-corrected chi connectivity index (χ2v) is 6.58. The van der Waals surface area contributed by atoms with Gasteiger partial charge >= 0.3 is 0 Å². The van der Waals surface area contributed by atoms with E-state index in [1.165, 1.54) is 6.07 Å². The minimum atomic E-state index is -0.374. The Labute approximate surface area is 132 Å². The summed E-state index contributed by atoms with van der Waals surface area (Å²) < 4.78 is 11.7. The van der Waals surface area contributed by atoms with E-state index in [0.29, 0.717) is 17.9 Å². The Morgan fingerprint density at radius 3 is 2.67 bits per heavy atom. The van der Waals surface area contributed by atoms with Crippen molar-refractivity contribution in [1.82, 2.24) is 0 Å². The summed E-state index contributed by atoms with van der Waals surface area (Å²) in [7, 11) is 0. The lowest BCUT2D eigenvalue weighted by atomic mass is 9.91. The first-order valence-electron chi connectivity index (χ1n) is 7.12. The van der Waals surface area contributed by atoms with Crippen LogP contribution in [0.4, 0.5) is 5.69 Å². The highest BCUT2D eigenvalue weighted by atomic mass is 79.9. The summed E-state index contributed by atoms with van der Waals surface area (Å²) in [6.07, 6.45) is 1.75. The first-order valence-corrected chi connectivity index (χ1v) is 8.03. The van der Waals surface area contributed by atoms with Crippen LogP contribution in [0.1, 0.15) is 30.9 Å². The lowest BCUT2D eigenvalue weighted by Crippen LogP contribution is -2.52. The first-order chi connectivity index (χ1) is 9.93. The highest BCUT2D eigenvalue weighted by Crippen LogP contribution is 2.36. The van der Waals surface area contributed by atoms with Crippen molar-refractivity contribution in [2.75, 3.05) is 6.61 Å². The minimum absolute atomic E-state index is 0.00436. The van der Waals surface area contributed by atoms with Gasteiger partial charge in [0.2, 0.25) is 0 Å². The van der Waals surface area contributed by atoms with E-state index in [1.807, 2.05) is 6.92 Å². The van der Waals surface area contributed by atoms with Crippen molar-refractivity contribution in [3.63, 3.8) is 0 Å². The molecule has 0 bridgehead atoms. The van der Waals surface area contributed by atoms with Crippen LogP contribution in [0.25, 0.3) is 0 Å². The third-order valence-electron chi connectivity index (χ3n) is 3.66. The van der Waals surface area contributed by atoms with Crippen LogP contribution in [0.15, 0.2) is 12.1 Å². The van der Waals surface area contributed by atoms with Crippen molar-refractivity contribution < 1.29 is 14.4 Å². The van der Waals surface area contributed by atoms with Crippen LogP contribution >= 0.6 is 15.9 Å². The zero-order chi connectivity index (χ0) is 15.6. The third kappa shape index (κ3) is 3.55. The number of aryl methyl sites for hydroxylation is 2. The molecule has 1 aliphatic rings. The quantitative estimate of drug-likeness (QED) is 0.439. The van der Waals surface area contributed by atoms with E-state index in [-0.39, 0.29) is 27.6 Å². The van der Waals surface area contributed by atoms with E-state index in [9.17, 15) is 10.1 Å². The van der Waals surface area contributed by atoms with E-state index >= 15 is 0 Å². The summed E-state index contributed by atoms with van der Waals surface area (Å²) in [4.78, 5) is 10.9. The highest BCUT2D eigenvalue weighted by Gasteiger charge is 2.42. The number of ether oxygens (including phenoxy) is 2. The van der Waals surface area contributed by atoms with Crippen LogP contribution in [-0.4, -0.2) is 28.6 Å². The molecular weight excluding hydrogens is 338 g/mol. The number of nitro benzene ring substituents is 1. The van der Waals surface area contributed by atoms with Crippen LogP contribution in [0.3, 0.4) is 0 Å². The maximum Gasteiger partial charge on any atom is 0.276 e. The number of alkyl halides is 1. The van der Waals surface area contributed by atoms with Crippen molar-refractivity contribution in [3.05, 3.63) is 33.4 Å². The number of hydrogen-bond acceptors (Lipinski definition) is 4. The van der Waals surface area contributed by atoms with Crippen molar-refractivity contribution >= 4 is 21.6 Å². The van der Waals surface area contributed by atoms with E-state index in [4.69, 9.17) is 9.47 Å². The molecule has 0 radical (unpaired) electrons. The zero-order valence-electron chi connectivity index (χ0n) is 12.5. The summed E-state index contributed by atoms with van der Waals surface area (Å²) >= 11 is 3.57. The van der Waals surface area contributed by atoms with Gasteiger partial charge in [0.15, 0.2) is 0 Å². The van der Waals surface area contributed by atoms with Crippen LogP contribution in [0.5, 0.6) is 5.75 Å². The fraction of sp³-hybridized carbons (Fsp3) is 0.600. The number of nitrogens with zero attached hydrogens (tertiary/aromatic N) is 1. The maximum absolute atomic E-state index is 11.0. The molecule has 0 saturated heterocycles. The minimum Gasteiger partial charge on any atom is -0.487 e. The predicted octanol–water partition coefficient (Wildman–Crippen LogP) is 3.92. The molecule has 1 fully saturated rings. The summed E-state index contributed by atoms with van der Waals surface area (Å²) in [5.41, 5.74) is 1.65. The fourth-order valence-electron chi connectivity index (χ4n) is 2.42. The van der Waals surface area contributed by atoms with Gasteiger partial charge in [-0.25, -0.2) is 0 Å². The van der Waals surface area contributed by atoms with E-state index in [0.717, 1.165) is 18.4 Å². The molecule has 1 aliphatic carbocycles. The van der Waals surface area contributed by atoms with E-state index < -0.39 is 0 Å². The normalized spacial score (nSPS) is 24.5. The van der Waals surface area contributed by atoms with Crippen LogP contribution in [0, 0.1) is 24.0 Å². The highest BCUT2D eigenvalue weighted by molar-refractivity contribution is 9.09. The van der Waals surface area contributed by atoms with Gasteiger partial charge in [0.05, 0.1) is 11.0 Å². The van der Waals surface area contributed by atoms with Gasteiger partial charge in [-0.2, -0.15) is 0 Å². The Balaban J connectivity index is 2.12. The Morgan fingerprint density at radius 1 is 1.38 bits per heavy atom. The van der Waals surface area contributed by atoms with Crippen LogP contribution < -0.4 is 4.74 Å². The molecule has 21 heavy (non-hydrogen) atoms. The lowest BCUT2D eigenvalue weighted by Gasteiger charge is -2.41. The zero-order valence-corrected chi connectivity index (χ0v) is 14.1. The Morgan fingerprint density at radius 2 is 2.10 bits per heavy atom. The van der Waals surface area contributed by atoms with Gasteiger partial charge in [0.1, 0.15) is 18.0 Å². The molecule has 0 aromatic heterocycles. The number of halogens is 1. The smallest absolute Gasteiger partial charge is 0.276 e. The molecule has 116 valence electrons. The predicted molar refractivity (Wildman–Crippen MR) is 84.3 cm³/mol. The molecule has 0 heterocycles. The van der Waals surface area contributed by atoms with Crippen molar-refractivity contribution in [2.45, 2.75) is 50.6 Å². The molecule has 5 nitrogen and oxygen atoms in total. The van der Waals surface area contributed by atoms with Gasteiger partial charge in [0.25, 0.3) is 5.69 Å². The second kappa shape index (κ2) is 6.75. The average Bonchev–Trinajstić information content (AvgIpc) is 2.40. The van der Waals surface area contributed by atoms with Crippen LogP contribution in [-0.2, 0) is 4.74 Å². The van der Waals surface area contributed by atoms with Gasteiger partial charge in [0, 0.05) is 23.4 Å². The maximum atomic E-state index is 11.0. The molecule has 1 saturated carbocycles. The van der Waals surface area contributed by atoms with Crippen molar-refractivity contribution in [3.8, 4) is 5.75 Å². The van der Waals surface area contributed by atoms with Gasteiger partial charge < -0.3 is 9.47 Å². The van der Waals surface area contributed by atoms with Crippen molar-refractivity contribution in [1.29, 1.82) is 0 Å². The fourth-order valence-corrected chi connectivity index (χ4v) is 3.28. The number of benzene rings is 1. The second-order valence-electron chi connectivity index (χ2n) is 5.40. The largest absolute Gasteiger partial charge is 0.487 e. The number of rotatable bonds is 6. The van der Waals surface area contributed by atoms with Gasteiger partial charge in [-0.15, -0.1) is 0 Å². The SMILES string of the molecule is CCCOC1C(Br)CC1Oc1cc([N+](=O)[O-])c(C)cc1C. The average molecular weight is 358 g/mol. The molecule has 0 N–H and O–H groups in total. The van der Waals surface area contributed by atoms with Crippen molar-refractivity contribution in [2.24, 2.45) is 0 Å². The Kier molecular flexibility index (Phi) is 5.22. The van der Waals surface area contributed by atoms with Crippen LogP contribution in [0.2, 0.25) is 0 Å². The lowest BCUT2D eigenvalue weighted by molar-refractivity contribution is -0.385. The molecular formula is C15H20BrNO4. The monoisotopic (exact) mass is 357 g/mol. The summed E-state index contributed by atoms with van der Waals surface area (Å²) in [6, 6.07) is 3.31. The first kappa shape index (κ1) is 16.2. The van der Waals surface area contributed by atoms with E-state index in [1.54, 1.807) is 13.0 Å². The molecule has 1 aromatic rings. The molecule has 1 aromatic carbocycles. The topological polar surface area (TPSA) is 61.6 Å². The van der Waals surface area contributed by atoms with Gasteiger partial charge in [-0.05, 0) is 31.9 Å². The molecule has 6 heteroatoms. The third-order valence-corrected chi connectivity index (χ3v) is 4.56. The molecule has 3 unspecified atom stereocenters. The Bertz CT molecular complexity index is 535. The molecule has 0 amide bonds. The Hall–Kier alpha value is -1.14. The summed E-state index contributed by atoms with van der Waals surface area (Å²) in [5, 5.41) is 11.0. The van der Waals surface area contributed by atoms with E-state index in [2.05, 4.69) is 22.9 Å². The standard InChI is InChI=1S/C15H20BrNO4/c1-4-5-20-15-11(16)7-14(15)21-13-8-12(17(18)19)9(2)6-10(13)3/h6,8,11,14-15H,4-5,7H2,1-3H3. The van der Waals surface area contributed by atoms with Gasteiger partial charge in [-0.1, -0.05) is 22.9 Å². The molecule has 2 rings (SSSR count). The summed E-state index contributed by atoms with van der Waals surface area (Å²) in [6.45, 7) is 6.39.